The Morgan fingerprint density at radius 3 is 1.68 bits per heavy atom. The molecule has 2 aromatic heterocycles. The van der Waals surface area contributed by atoms with E-state index < -0.39 is 6.10 Å². The summed E-state index contributed by atoms with van der Waals surface area (Å²) in [6, 6.07) is 14.9. The number of aliphatic hydroxyl groups is 1. The van der Waals surface area contributed by atoms with Crippen molar-refractivity contribution in [2.24, 2.45) is 0 Å². The lowest BCUT2D eigenvalue weighted by atomic mass is 10.1. The van der Waals surface area contributed by atoms with Crippen molar-refractivity contribution in [1.82, 2.24) is 9.97 Å². The number of fused-ring (bicyclic) bond motifs is 2. The van der Waals surface area contributed by atoms with E-state index in [1.165, 1.54) is 0 Å². The molecular formula is C21H18Cl2N4O. The molecule has 4 aromatic rings. The third-order valence-corrected chi connectivity index (χ3v) is 4.94. The van der Waals surface area contributed by atoms with Crippen molar-refractivity contribution < 1.29 is 5.11 Å². The Morgan fingerprint density at radius 2 is 1.21 bits per heavy atom. The molecule has 142 valence electrons. The molecule has 0 saturated heterocycles. The van der Waals surface area contributed by atoms with Crippen LogP contribution in [-0.4, -0.2) is 34.3 Å². The molecule has 0 fully saturated rings. The standard InChI is InChI=1S/C21H18Cl2N4O/c22-13-1-3-16-18(5-7-24-20(16)9-13)26-11-15(28)12-27-19-6-8-25-21-10-14(23)2-4-17(19)21/h1-10,15,28H,11-12H2,(H,24,26)(H,25,27). The van der Waals surface area contributed by atoms with E-state index in [1.54, 1.807) is 12.4 Å². The molecule has 2 aromatic carbocycles. The first-order chi connectivity index (χ1) is 13.6. The van der Waals surface area contributed by atoms with E-state index in [0.29, 0.717) is 23.1 Å². The van der Waals surface area contributed by atoms with E-state index in [-0.39, 0.29) is 0 Å². The minimum Gasteiger partial charge on any atom is -0.389 e. The molecule has 0 radical (unpaired) electrons. The van der Waals surface area contributed by atoms with Crippen LogP contribution in [-0.2, 0) is 0 Å². The highest BCUT2D eigenvalue weighted by atomic mass is 35.5. The van der Waals surface area contributed by atoms with E-state index in [4.69, 9.17) is 23.2 Å². The van der Waals surface area contributed by atoms with Crippen LogP contribution < -0.4 is 10.6 Å². The molecule has 0 aliphatic carbocycles. The zero-order valence-electron chi connectivity index (χ0n) is 14.9. The third-order valence-electron chi connectivity index (χ3n) is 4.47. The molecule has 0 atom stereocenters. The van der Waals surface area contributed by atoms with Crippen molar-refractivity contribution in [2.75, 3.05) is 23.7 Å². The van der Waals surface area contributed by atoms with E-state index in [1.807, 2.05) is 48.5 Å². The van der Waals surface area contributed by atoms with Gasteiger partial charge in [-0.15, -0.1) is 0 Å². The normalized spacial score (nSPS) is 11.3. The minimum atomic E-state index is -0.592. The molecule has 0 aliphatic heterocycles. The van der Waals surface area contributed by atoms with Crippen molar-refractivity contribution in [1.29, 1.82) is 0 Å². The quantitative estimate of drug-likeness (QED) is 0.416. The Morgan fingerprint density at radius 1 is 0.750 bits per heavy atom. The number of aliphatic hydroxyl groups excluding tert-OH is 1. The summed E-state index contributed by atoms with van der Waals surface area (Å²) in [5, 5.41) is 20.2. The molecule has 0 amide bonds. The summed E-state index contributed by atoms with van der Waals surface area (Å²) < 4.78 is 0. The Kier molecular flexibility index (Phi) is 5.48. The predicted octanol–water partition coefficient (Wildman–Crippen LogP) is 4.97. The number of benzene rings is 2. The first kappa shape index (κ1) is 18.7. The number of nitrogens with one attached hydrogen (secondary N) is 2. The van der Waals surface area contributed by atoms with Crippen LogP contribution in [0.1, 0.15) is 0 Å². The highest BCUT2D eigenvalue weighted by Gasteiger charge is 2.08. The number of anilines is 2. The Labute approximate surface area is 172 Å². The SMILES string of the molecule is OC(CNc1ccnc2cc(Cl)ccc12)CNc1ccnc2cc(Cl)ccc12. The maximum atomic E-state index is 10.4. The molecule has 3 N–H and O–H groups in total. The Balaban J connectivity index is 1.41. The second-order valence-corrected chi connectivity index (χ2v) is 7.33. The predicted molar refractivity (Wildman–Crippen MR) is 116 cm³/mol. The van der Waals surface area contributed by atoms with Gasteiger partial charge in [0.2, 0.25) is 0 Å². The van der Waals surface area contributed by atoms with Gasteiger partial charge in [-0.3, -0.25) is 9.97 Å². The molecular weight excluding hydrogens is 395 g/mol. The molecule has 0 unspecified atom stereocenters. The van der Waals surface area contributed by atoms with Crippen LogP contribution in [0.15, 0.2) is 60.9 Å². The third kappa shape index (κ3) is 4.12. The number of hydrogen-bond donors (Lipinski definition) is 3. The van der Waals surface area contributed by atoms with E-state index >= 15 is 0 Å². The lowest BCUT2D eigenvalue weighted by Gasteiger charge is -2.16. The summed E-state index contributed by atoms with van der Waals surface area (Å²) in [5.74, 6) is 0. The zero-order valence-corrected chi connectivity index (χ0v) is 16.4. The van der Waals surface area contributed by atoms with Crippen molar-refractivity contribution >= 4 is 56.4 Å². The summed E-state index contributed by atoms with van der Waals surface area (Å²) >= 11 is 12.1. The van der Waals surface area contributed by atoms with Crippen LogP contribution >= 0.6 is 23.2 Å². The number of pyridine rings is 2. The van der Waals surface area contributed by atoms with E-state index in [0.717, 1.165) is 33.2 Å². The topological polar surface area (TPSA) is 70.1 Å². The molecule has 4 rings (SSSR count). The van der Waals surface area contributed by atoms with Crippen LogP contribution in [0.2, 0.25) is 10.0 Å². The molecule has 0 spiro atoms. The molecule has 0 bridgehead atoms. The van der Waals surface area contributed by atoms with Crippen LogP contribution in [0.3, 0.4) is 0 Å². The molecule has 0 aliphatic rings. The lowest BCUT2D eigenvalue weighted by molar-refractivity contribution is 0.201. The number of hydrogen-bond acceptors (Lipinski definition) is 5. The van der Waals surface area contributed by atoms with E-state index in [9.17, 15) is 5.11 Å². The molecule has 2 heterocycles. The summed E-state index contributed by atoms with van der Waals surface area (Å²) in [4.78, 5) is 8.65. The van der Waals surface area contributed by atoms with Gasteiger partial charge in [-0.05, 0) is 48.5 Å². The average Bonchev–Trinajstić information content (AvgIpc) is 2.70. The lowest BCUT2D eigenvalue weighted by Crippen LogP contribution is -2.27. The summed E-state index contributed by atoms with van der Waals surface area (Å²) in [6.45, 7) is 0.785. The molecule has 28 heavy (non-hydrogen) atoms. The maximum Gasteiger partial charge on any atom is 0.0884 e. The first-order valence-electron chi connectivity index (χ1n) is 8.84. The molecule has 5 nitrogen and oxygen atoms in total. The Bertz CT molecular complexity index is 1050. The first-order valence-corrected chi connectivity index (χ1v) is 9.60. The van der Waals surface area contributed by atoms with Crippen LogP contribution in [0.4, 0.5) is 11.4 Å². The second-order valence-electron chi connectivity index (χ2n) is 6.46. The number of aromatic nitrogens is 2. The van der Waals surface area contributed by atoms with Gasteiger partial charge in [0.1, 0.15) is 0 Å². The van der Waals surface area contributed by atoms with Crippen molar-refractivity contribution in [3.05, 3.63) is 71.0 Å². The van der Waals surface area contributed by atoms with E-state index in [2.05, 4.69) is 20.6 Å². The van der Waals surface area contributed by atoms with Gasteiger partial charge in [-0.25, -0.2) is 0 Å². The number of nitrogens with zero attached hydrogens (tertiary/aromatic N) is 2. The fourth-order valence-corrected chi connectivity index (χ4v) is 3.41. The van der Waals surface area contributed by atoms with Gasteiger partial charge in [0.05, 0.1) is 17.1 Å². The highest BCUT2D eigenvalue weighted by molar-refractivity contribution is 6.31. The fraction of sp³-hybridized carbons (Fsp3) is 0.143. The van der Waals surface area contributed by atoms with Crippen molar-refractivity contribution in [3.8, 4) is 0 Å². The van der Waals surface area contributed by atoms with Crippen LogP contribution in [0.25, 0.3) is 21.8 Å². The van der Waals surface area contributed by atoms with Crippen LogP contribution in [0, 0.1) is 0 Å². The van der Waals surface area contributed by atoms with Crippen molar-refractivity contribution in [2.45, 2.75) is 6.10 Å². The summed E-state index contributed by atoms with van der Waals surface area (Å²) in [6.07, 6.45) is 2.85. The van der Waals surface area contributed by atoms with Crippen molar-refractivity contribution in [3.63, 3.8) is 0 Å². The average molecular weight is 413 g/mol. The van der Waals surface area contributed by atoms with Gasteiger partial charge in [-0.1, -0.05) is 23.2 Å². The fourth-order valence-electron chi connectivity index (χ4n) is 3.08. The highest BCUT2D eigenvalue weighted by Crippen LogP contribution is 2.25. The Hall–Kier alpha value is -2.60. The van der Waals surface area contributed by atoms with Gasteiger partial charge < -0.3 is 15.7 Å². The zero-order chi connectivity index (χ0) is 19.5. The summed E-state index contributed by atoms with van der Waals surface area (Å²) in [5.41, 5.74) is 3.44. The summed E-state index contributed by atoms with van der Waals surface area (Å²) in [7, 11) is 0. The van der Waals surface area contributed by atoms with Gasteiger partial charge >= 0.3 is 0 Å². The van der Waals surface area contributed by atoms with Gasteiger partial charge in [0.25, 0.3) is 0 Å². The number of rotatable bonds is 6. The maximum absolute atomic E-state index is 10.4. The second kappa shape index (κ2) is 8.19. The molecule has 0 saturated carbocycles. The van der Waals surface area contributed by atoms with Gasteiger partial charge in [0.15, 0.2) is 0 Å². The number of halogens is 2. The van der Waals surface area contributed by atoms with Crippen LogP contribution in [0.5, 0.6) is 0 Å². The smallest absolute Gasteiger partial charge is 0.0884 e. The van der Waals surface area contributed by atoms with Gasteiger partial charge in [-0.2, -0.15) is 0 Å². The monoisotopic (exact) mass is 412 g/mol. The minimum absolute atomic E-state index is 0.392. The largest absolute Gasteiger partial charge is 0.389 e. The molecule has 7 heteroatoms. The van der Waals surface area contributed by atoms with Gasteiger partial charge in [0, 0.05) is 57.7 Å².